The van der Waals surface area contributed by atoms with E-state index in [1.807, 2.05) is 0 Å². The molecule has 0 heterocycles. The Hall–Kier alpha value is -1.06. The molecule has 3 N–H and O–H groups in total. The van der Waals surface area contributed by atoms with Gasteiger partial charge in [0, 0.05) is 24.2 Å². The summed E-state index contributed by atoms with van der Waals surface area (Å²) in [4.78, 5) is 0. The molecule has 0 saturated heterocycles. The van der Waals surface area contributed by atoms with E-state index < -0.39 is 0 Å². The summed E-state index contributed by atoms with van der Waals surface area (Å²) in [5.41, 5.74) is 9.79. The molecule has 0 aromatic heterocycles. The summed E-state index contributed by atoms with van der Waals surface area (Å²) in [6, 6.07) is 5.37. The summed E-state index contributed by atoms with van der Waals surface area (Å²) in [5, 5.41) is 3.64. The Labute approximate surface area is 116 Å². The van der Waals surface area contributed by atoms with E-state index in [0.29, 0.717) is 12.1 Å². The van der Waals surface area contributed by atoms with Crippen molar-refractivity contribution < 1.29 is 4.74 Å². The van der Waals surface area contributed by atoms with Crippen LogP contribution in [-0.4, -0.2) is 19.2 Å². The molecule has 0 amide bonds. The van der Waals surface area contributed by atoms with Crippen LogP contribution in [0, 0.1) is 13.8 Å². The lowest BCUT2D eigenvalue weighted by molar-refractivity contribution is 0.338. The molecule has 0 unspecified atom stereocenters. The molecule has 0 aliphatic heterocycles. The second-order valence-corrected chi connectivity index (χ2v) is 5.74. The number of methoxy groups -OCH3 is 1. The second-order valence-electron chi connectivity index (χ2n) is 5.74. The van der Waals surface area contributed by atoms with Crippen LogP contribution < -0.4 is 15.8 Å². The number of ether oxygens (including phenoxy) is 1. The lowest BCUT2D eigenvalue weighted by Gasteiger charge is -2.27. The molecule has 1 fully saturated rings. The van der Waals surface area contributed by atoms with Crippen molar-refractivity contribution >= 4 is 0 Å². The van der Waals surface area contributed by atoms with Crippen LogP contribution in [-0.2, 0) is 6.54 Å². The van der Waals surface area contributed by atoms with Gasteiger partial charge in [0.15, 0.2) is 0 Å². The summed E-state index contributed by atoms with van der Waals surface area (Å²) in [7, 11) is 1.74. The van der Waals surface area contributed by atoms with Crippen molar-refractivity contribution in [3.8, 4) is 5.75 Å². The first kappa shape index (κ1) is 14.4. The first-order chi connectivity index (χ1) is 9.10. The zero-order valence-corrected chi connectivity index (χ0v) is 12.3. The molecule has 3 nitrogen and oxygen atoms in total. The standard InChI is InChI=1S/C16H26N2O/c1-11-8-13(16(19-3)9-12(11)2)10-18-15-6-4-14(17)5-7-15/h8-9,14-15,18H,4-7,10,17H2,1-3H3. The molecule has 2 rings (SSSR count). The minimum Gasteiger partial charge on any atom is -0.496 e. The van der Waals surface area contributed by atoms with Crippen molar-refractivity contribution in [1.82, 2.24) is 5.32 Å². The number of hydrogen-bond donors (Lipinski definition) is 2. The maximum atomic E-state index is 5.94. The molecule has 0 atom stereocenters. The predicted octanol–water partition coefficient (Wildman–Crippen LogP) is 2.67. The second kappa shape index (κ2) is 6.40. The van der Waals surface area contributed by atoms with Gasteiger partial charge in [-0.25, -0.2) is 0 Å². The van der Waals surface area contributed by atoms with Gasteiger partial charge in [-0.05, 0) is 56.7 Å². The first-order valence-electron chi connectivity index (χ1n) is 7.23. The Morgan fingerprint density at radius 1 is 1.16 bits per heavy atom. The molecule has 0 bridgehead atoms. The molecule has 0 radical (unpaired) electrons. The molecule has 1 saturated carbocycles. The number of nitrogens with one attached hydrogen (secondary N) is 1. The smallest absolute Gasteiger partial charge is 0.123 e. The van der Waals surface area contributed by atoms with Crippen LogP contribution in [0.1, 0.15) is 42.4 Å². The molecular weight excluding hydrogens is 236 g/mol. The quantitative estimate of drug-likeness (QED) is 0.877. The van der Waals surface area contributed by atoms with Crippen LogP contribution in [0.3, 0.4) is 0 Å². The highest BCUT2D eigenvalue weighted by atomic mass is 16.5. The lowest BCUT2D eigenvalue weighted by atomic mass is 9.91. The van der Waals surface area contributed by atoms with Crippen LogP contribution in [0.5, 0.6) is 5.75 Å². The van der Waals surface area contributed by atoms with Crippen molar-refractivity contribution in [2.24, 2.45) is 5.73 Å². The first-order valence-corrected chi connectivity index (χ1v) is 7.23. The van der Waals surface area contributed by atoms with Crippen LogP contribution in [0.15, 0.2) is 12.1 Å². The lowest BCUT2D eigenvalue weighted by Crippen LogP contribution is -2.37. The fraction of sp³-hybridized carbons (Fsp3) is 0.625. The molecule has 1 aliphatic carbocycles. The average molecular weight is 262 g/mol. The molecule has 1 aliphatic rings. The summed E-state index contributed by atoms with van der Waals surface area (Å²) in [5.74, 6) is 0.989. The van der Waals surface area contributed by atoms with Gasteiger partial charge in [0.1, 0.15) is 5.75 Å². The third-order valence-electron chi connectivity index (χ3n) is 4.25. The summed E-state index contributed by atoms with van der Waals surface area (Å²) < 4.78 is 5.48. The average Bonchev–Trinajstić information content (AvgIpc) is 2.41. The van der Waals surface area contributed by atoms with Gasteiger partial charge in [0.05, 0.1) is 7.11 Å². The largest absolute Gasteiger partial charge is 0.496 e. The van der Waals surface area contributed by atoms with Crippen molar-refractivity contribution in [1.29, 1.82) is 0 Å². The van der Waals surface area contributed by atoms with E-state index in [1.165, 1.54) is 29.5 Å². The van der Waals surface area contributed by atoms with E-state index in [1.54, 1.807) is 7.11 Å². The van der Waals surface area contributed by atoms with Gasteiger partial charge < -0.3 is 15.8 Å². The highest BCUT2D eigenvalue weighted by Gasteiger charge is 2.18. The number of rotatable bonds is 4. The topological polar surface area (TPSA) is 47.3 Å². The number of nitrogens with two attached hydrogens (primary N) is 1. The summed E-state index contributed by atoms with van der Waals surface area (Å²) in [6.07, 6.45) is 4.66. The van der Waals surface area contributed by atoms with Crippen molar-refractivity contribution in [2.45, 2.75) is 58.2 Å². The van der Waals surface area contributed by atoms with Gasteiger partial charge in [-0.1, -0.05) is 6.07 Å². The molecule has 0 spiro atoms. The highest BCUT2D eigenvalue weighted by Crippen LogP contribution is 2.24. The fourth-order valence-electron chi connectivity index (χ4n) is 2.76. The van der Waals surface area contributed by atoms with Gasteiger partial charge in [-0.15, -0.1) is 0 Å². The Bertz CT molecular complexity index is 423. The van der Waals surface area contributed by atoms with Crippen LogP contribution >= 0.6 is 0 Å². The van der Waals surface area contributed by atoms with Gasteiger partial charge in [-0.2, -0.15) is 0 Å². The number of hydrogen-bond acceptors (Lipinski definition) is 3. The monoisotopic (exact) mass is 262 g/mol. The Morgan fingerprint density at radius 2 is 1.79 bits per heavy atom. The minimum absolute atomic E-state index is 0.411. The Kier molecular flexibility index (Phi) is 4.83. The normalized spacial score (nSPS) is 23.4. The maximum Gasteiger partial charge on any atom is 0.123 e. The van der Waals surface area contributed by atoms with E-state index >= 15 is 0 Å². The Balaban J connectivity index is 1.97. The minimum atomic E-state index is 0.411. The third-order valence-corrected chi connectivity index (χ3v) is 4.25. The van der Waals surface area contributed by atoms with Crippen molar-refractivity contribution in [3.63, 3.8) is 0 Å². The van der Waals surface area contributed by atoms with Crippen molar-refractivity contribution in [3.05, 3.63) is 28.8 Å². The van der Waals surface area contributed by atoms with E-state index in [9.17, 15) is 0 Å². The molecular formula is C16H26N2O. The third kappa shape index (κ3) is 3.71. The van der Waals surface area contributed by atoms with Crippen LogP contribution in [0.25, 0.3) is 0 Å². The number of aryl methyl sites for hydroxylation is 2. The maximum absolute atomic E-state index is 5.94. The van der Waals surface area contributed by atoms with Crippen LogP contribution in [0.4, 0.5) is 0 Å². The van der Waals surface area contributed by atoms with Crippen molar-refractivity contribution in [2.75, 3.05) is 7.11 Å². The van der Waals surface area contributed by atoms with E-state index in [0.717, 1.165) is 25.1 Å². The molecule has 1 aromatic carbocycles. The molecule has 3 heteroatoms. The summed E-state index contributed by atoms with van der Waals surface area (Å²) >= 11 is 0. The molecule has 19 heavy (non-hydrogen) atoms. The van der Waals surface area contributed by atoms with Crippen LogP contribution in [0.2, 0.25) is 0 Å². The fourth-order valence-corrected chi connectivity index (χ4v) is 2.76. The zero-order valence-electron chi connectivity index (χ0n) is 12.3. The number of benzene rings is 1. The van der Waals surface area contributed by atoms with Gasteiger partial charge in [0.2, 0.25) is 0 Å². The molecule has 1 aromatic rings. The van der Waals surface area contributed by atoms with Gasteiger partial charge >= 0.3 is 0 Å². The van der Waals surface area contributed by atoms with E-state index in [2.05, 4.69) is 31.3 Å². The zero-order chi connectivity index (χ0) is 13.8. The SMILES string of the molecule is COc1cc(C)c(C)cc1CNC1CCC(N)CC1. The van der Waals surface area contributed by atoms with Gasteiger partial charge in [-0.3, -0.25) is 0 Å². The Morgan fingerprint density at radius 3 is 2.42 bits per heavy atom. The van der Waals surface area contributed by atoms with E-state index in [-0.39, 0.29) is 0 Å². The molecule has 106 valence electrons. The summed E-state index contributed by atoms with van der Waals surface area (Å²) in [6.45, 7) is 5.15. The van der Waals surface area contributed by atoms with Gasteiger partial charge in [0.25, 0.3) is 0 Å². The highest BCUT2D eigenvalue weighted by molar-refractivity contribution is 5.41. The predicted molar refractivity (Wildman–Crippen MR) is 79.5 cm³/mol. The van der Waals surface area contributed by atoms with E-state index in [4.69, 9.17) is 10.5 Å².